The van der Waals surface area contributed by atoms with E-state index in [1.807, 2.05) is 0 Å². The highest BCUT2D eigenvalue weighted by Crippen LogP contribution is 2.08. The van der Waals surface area contributed by atoms with Crippen LogP contribution in [0, 0.1) is 0 Å². The molecule has 2 aromatic carbocycles. The van der Waals surface area contributed by atoms with Crippen molar-refractivity contribution < 1.29 is 0 Å². The highest BCUT2D eigenvalue weighted by Gasteiger charge is 2.10. The molecule has 0 aliphatic rings. The molecular formula is C22H34N4. The fourth-order valence-corrected chi connectivity index (χ4v) is 3.14. The van der Waals surface area contributed by atoms with Gasteiger partial charge in [-0.1, -0.05) is 60.7 Å². The number of benzene rings is 2. The van der Waals surface area contributed by atoms with Crippen molar-refractivity contribution in [1.29, 1.82) is 0 Å². The van der Waals surface area contributed by atoms with Gasteiger partial charge in [-0.05, 0) is 50.1 Å². The summed E-state index contributed by atoms with van der Waals surface area (Å²) in [6.07, 6.45) is 2.07. The lowest BCUT2D eigenvalue weighted by molar-refractivity contribution is 0.191. The summed E-state index contributed by atoms with van der Waals surface area (Å²) in [5.41, 5.74) is 14.2. The van der Waals surface area contributed by atoms with Crippen LogP contribution in [0.25, 0.3) is 0 Å². The Balaban J connectivity index is 1.92. The maximum atomic E-state index is 5.74. The molecule has 0 aliphatic carbocycles. The molecule has 2 aromatic rings. The first-order valence-corrected chi connectivity index (χ1v) is 9.74. The van der Waals surface area contributed by atoms with E-state index in [-0.39, 0.29) is 0 Å². The predicted octanol–water partition coefficient (Wildman–Crippen LogP) is 2.69. The monoisotopic (exact) mass is 354 g/mol. The third-order valence-electron chi connectivity index (χ3n) is 4.59. The highest BCUT2D eigenvalue weighted by atomic mass is 15.2. The van der Waals surface area contributed by atoms with Crippen molar-refractivity contribution in [3.05, 3.63) is 71.8 Å². The average Bonchev–Trinajstić information content (AvgIpc) is 2.69. The first kappa shape index (κ1) is 20.6. The van der Waals surface area contributed by atoms with Crippen molar-refractivity contribution in [3.63, 3.8) is 0 Å². The maximum absolute atomic E-state index is 5.74. The van der Waals surface area contributed by atoms with Crippen LogP contribution in [0.3, 0.4) is 0 Å². The van der Waals surface area contributed by atoms with Gasteiger partial charge < -0.3 is 11.5 Å². The van der Waals surface area contributed by atoms with Crippen molar-refractivity contribution in [2.24, 2.45) is 11.5 Å². The van der Waals surface area contributed by atoms with Crippen molar-refractivity contribution in [2.45, 2.75) is 25.9 Å². The lowest BCUT2D eigenvalue weighted by atomic mass is 10.2. The van der Waals surface area contributed by atoms with E-state index < -0.39 is 0 Å². The standard InChI is InChI=1S/C22H34N4/c23-13-7-15-25(19-21-9-3-1-4-10-21)17-18-26(16-8-14-24)20-22-11-5-2-6-12-22/h1-6,9-12H,7-8,13-20,23-24H2. The van der Waals surface area contributed by atoms with Gasteiger partial charge in [-0.15, -0.1) is 0 Å². The molecule has 4 heteroatoms. The van der Waals surface area contributed by atoms with Gasteiger partial charge in [0.1, 0.15) is 0 Å². The first-order chi connectivity index (χ1) is 12.8. The van der Waals surface area contributed by atoms with Crippen LogP contribution in [-0.4, -0.2) is 49.1 Å². The second-order valence-corrected chi connectivity index (χ2v) is 6.81. The van der Waals surface area contributed by atoms with Gasteiger partial charge in [0.25, 0.3) is 0 Å². The minimum atomic E-state index is 0.742. The van der Waals surface area contributed by atoms with Crippen molar-refractivity contribution in [2.75, 3.05) is 39.3 Å². The van der Waals surface area contributed by atoms with Gasteiger partial charge >= 0.3 is 0 Å². The summed E-state index contributed by atoms with van der Waals surface area (Å²) in [5.74, 6) is 0. The highest BCUT2D eigenvalue weighted by molar-refractivity contribution is 5.15. The predicted molar refractivity (Wildman–Crippen MR) is 111 cm³/mol. The molecule has 0 saturated heterocycles. The second-order valence-electron chi connectivity index (χ2n) is 6.81. The van der Waals surface area contributed by atoms with E-state index in [1.165, 1.54) is 11.1 Å². The Hall–Kier alpha value is -1.72. The van der Waals surface area contributed by atoms with Crippen LogP contribution in [0.5, 0.6) is 0 Å². The molecule has 0 fully saturated rings. The van der Waals surface area contributed by atoms with Gasteiger partial charge in [0.15, 0.2) is 0 Å². The molecule has 2 rings (SSSR count). The van der Waals surface area contributed by atoms with Gasteiger partial charge in [-0.3, -0.25) is 9.80 Å². The quantitative estimate of drug-likeness (QED) is 0.581. The van der Waals surface area contributed by atoms with Crippen LogP contribution >= 0.6 is 0 Å². The SMILES string of the molecule is NCCCN(CCN(CCCN)Cc1ccccc1)Cc1ccccc1. The summed E-state index contributed by atoms with van der Waals surface area (Å²) in [6.45, 7) is 7.63. The normalized spacial score (nSPS) is 11.4. The molecule has 0 heterocycles. The minimum absolute atomic E-state index is 0.742. The van der Waals surface area contributed by atoms with Crippen molar-refractivity contribution >= 4 is 0 Å². The molecule has 0 amide bonds. The smallest absolute Gasteiger partial charge is 0.0234 e. The first-order valence-electron chi connectivity index (χ1n) is 9.74. The molecule has 0 radical (unpaired) electrons. The van der Waals surface area contributed by atoms with Crippen LogP contribution in [0.4, 0.5) is 0 Å². The number of nitrogens with two attached hydrogens (primary N) is 2. The van der Waals surface area contributed by atoms with E-state index in [0.29, 0.717) is 0 Å². The molecule has 0 aliphatic heterocycles. The Bertz CT molecular complexity index is 520. The van der Waals surface area contributed by atoms with Crippen LogP contribution in [0.15, 0.2) is 60.7 Å². The Kier molecular flexibility index (Phi) is 9.98. The molecule has 142 valence electrons. The van der Waals surface area contributed by atoms with E-state index in [9.17, 15) is 0 Å². The molecule has 0 aromatic heterocycles. The molecule has 0 bridgehead atoms. The van der Waals surface area contributed by atoms with Crippen LogP contribution in [0.1, 0.15) is 24.0 Å². The van der Waals surface area contributed by atoms with Crippen LogP contribution in [-0.2, 0) is 13.1 Å². The third-order valence-corrected chi connectivity index (χ3v) is 4.59. The number of nitrogens with zero attached hydrogens (tertiary/aromatic N) is 2. The Morgan fingerprint density at radius 3 is 1.27 bits per heavy atom. The Morgan fingerprint density at radius 2 is 0.923 bits per heavy atom. The topological polar surface area (TPSA) is 58.5 Å². The minimum Gasteiger partial charge on any atom is -0.330 e. The summed E-state index contributed by atoms with van der Waals surface area (Å²) in [4.78, 5) is 5.03. The summed E-state index contributed by atoms with van der Waals surface area (Å²) < 4.78 is 0. The average molecular weight is 355 g/mol. The maximum Gasteiger partial charge on any atom is 0.0234 e. The molecule has 0 unspecified atom stereocenters. The Labute approximate surface area is 158 Å². The van der Waals surface area contributed by atoms with Gasteiger partial charge in [0.2, 0.25) is 0 Å². The van der Waals surface area contributed by atoms with Crippen molar-refractivity contribution in [3.8, 4) is 0 Å². The van der Waals surface area contributed by atoms with Gasteiger partial charge in [-0.25, -0.2) is 0 Å². The molecular weight excluding hydrogens is 320 g/mol. The number of rotatable bonds is 13. The molecule has 0 saturated carbocycles. The van der Waals surface area contributed by atoms with E-state index in [4.69, 9.17) is 11.5 Å². The van der Waals surface area contributed by atoms with Gasteiger partial charge in [0, 0.05) is 26.2 Å². The Morgan fingerprint density at radius 1 is 0.538 bits per heavy atom. The summed E-state index contributed by atoms with van der Waals surface area (Å²) in [5, 5.41) is 0. The summed E-state index contributed by atoms with van der Waals surface area (Å²) >= 11 is 0. The van der Waals surface area contributed by atoms with E-state index in [2.05, 4.69) is 70.5 Å². The fourth-order valence-electron chi connectivity index (χ4n) is 3.14. The van der Waals surface area contributed by atoms with Crippen molar-refractivity contribution in [1.82, 2.24) is 9.80 Å². The zero-order valence-corrected chi connectivity index (χ0v) is 15.9. The molecule has 0 spiro atoms. The number of hydrogen-bond donors (Lipinski definition) is 2. The van der Waals surface area contributed by atoms with E-state index in [0.717, 1.165) is 65.2 Å². The summed E-state index contributed by atoms with van der Waals surface area (Å²) in [6, 6.07) is 21.4. The molecule has 0 atom stereocenters. The fraction of sp³-hybridized carbons (Fsp3) is 0.455. The molecule has 26 heavy (non-hydrogen) atoms. The van der Waals surface area contributed by atoms with Crippen LogP contribution < -0.4 is 11.5 Å². The second kappa shape index (κ2) is 12.6. The number of hydrogen-bond acceptors (Lipinski definition) is 4. The largest absolute Gasteiger partial charge is 0.330 e. The third kappa shape index (κ3) is 8.11. The molecule has 4 N–H and O–H groups in total. The zero-order valence-electron chi connectivity index (χ0n) is 15.9. The lowest BCUT2D eigenvalue weighted by Crippen LogP contribution is -2.36. The lowest BCUT2D eigenvalue weighted by Gasteiger charge is -2.28. The van der Waals surface area contributed by atoms with Crippen LogP contribution in [0.2, 0.25) is 0 Å². The summed E-state index contributed by atoms with van der Waals surface area (Å²) in [7, 11) is 0. The molecule has 4 nitrogen and oxygen atoms in total. The van der Waals surface area contributed by atoms with E-state index in [1.54, 1.807) is 0 Å². The van der Waals surface area contributed by atoms with E-state index >= 15 is 0 Å². The van der Waals surface area contributed by atoms with Gasteiger partial charge in [-0.2, -0.15) is 0 Å². The van der Waals surface area contributed by atoms with Gasteiger partial charge in [0.05, 0.1) is 0 Å². The zero-order chi connectivity index (χ0) is 18.5.